The van der Waals surface area contributed by atoms with Crippen LogP contribution in [0.1, 0.15) is 11.1 Å². The van der Waals surface area contributed by atoms with Gasteiger partial charge in [-0.15, -0.1) is 0 Å². The predicted molar refractivity (Wildman–Crippen MR) is 69.7 cm³/mol. The van der Waals surface area contributed by atoms with Crippen molar-refractivity contribution in [3.8, 4) is 11.5 Å². The highest BCUT2D eigenvalue weighted by molar-refractivity contribution is 5.34. The SMILES string of the molecule is OCCc1ccccc1OCc1ccc(O)cc1. The lowest BCUT2D eigenvalue weighted by Gasteiger charge is -2.10. The molecule has 94 valence electrons. The lowest BCUT2D eigenvalue weighted by Crippen LogP contribution is -2.00. The molecule has 0 fully saturated rings. The van der Waals surface area contributed by atoms with Gasteiger partial charge in [0.05, 0.1) is 0 Å². The van der Waals surface area contributed by atoms with Gasteiger partial charge in [-0.2, -0.15) is 0 Å². The summed E-state index contributed by atoms with van der Waals surface area (Å²) >= 11 is 0. The molecule has 18 heavy (non-hydrogen) atoms. The zero-order valence-electron chi connectivity index (χ0n) is 10.0. The van der Waals surface area contributed by atoms with E-state index in [-0.39, 0.29) is 12.4 Å². The number of hydrogen-bond acceptors (Lipinski definition) is 3. The van der Waals surface area contributed by atoms with Gasteiger partial charge >= 0.3 is 0 Å². The highest BCUT2D eigenvalue weighted by Crippen LogP contribution is 2.20. The maximum Gasteiger partial charge on any atom is 0.123 e. The van der Waals surface area contributed by atoms with Crippen LogP contribution < -0.4 is 4.74 Å². The monoisotopic (exact) mass is 244 g/mol. The molecule has 0 saturated carbocycles. The number of phenolic OH excluding ortho intramolecular Hbond substituents is 1. The number of para-hydroxylation sites is 1. The Balaban J connectivity index is 2.03. The van der Waals surface area contributed by atoms with Crippen molar-refractivity contribution in [1.29, 1.82) is 0 Å². The van der Waals surface area contributed by atoms with E-state index in [0.717, 1.165) is 16.9 Å². The Hall–Kier alpha value is -2.00. The molecule has 0 unspecified atom stereocenters. The first-order valence-electron chi connectivity index (χ1n) is 5.89. The Bertz CT molecular complexity index is 491. The summed E-state index contributed by atoms with van der Waals surface area (Å²) in [6.45, 7) is 0.558. The van der Waals surface area contributed by atoms with E-state index in [9.17, 15) is 5.11 Å². The third-order valence-corrected chi connectivity index (χ3v) is 2.68. The molecular weight excluding hydrogens is 228 g/mol. The van der Waals surface area contributed by atoms with Crippen LogP contribution in [0.15, 0.2) is 48.5 Å². The Kier molecular flexibility index (Phi) is 4.20. The van der Waals surface area contributed by atoms with E-state index in [1.807, 2.05) is 36.4 Å². The largest absolute Gasteiger partial charge is 0.508 e. The van der Waals surface area contributed by atoms with Crippen LogP contribution in [0.2, 0.25) is 0 Å². The molecule has 0 atom stereocenters. The van der Waals surface area contributed by atoms with Crippen molar-refractivity contribution in [1.82, 2.24) is 0 Å². The topological polar surface area (TPSA) is 49.7 Å². The normalized spacial score (nSPS) is 10.3. The van der Waals surface area contributed by atoms with Crippen LogP contribution in [0.25, 0.3) is 0 Å². The van der Waals surface area contributed by atoms with Gasteiger partial charge in [0.15, 0.2) is 0 Å². The molecule has 3 nitrogen and oxygen atoms in total. The molecule has 0 saturated heterocycles. The van der Waals surface area contributed by atoms with Gasteiger partial charge in [0.25, 0.3) is 0 Å². The zero-order valence-corrected chi connectivity index (χ0v) is 10.0. The second-order valence-corrected chi connectivity index (χ2v) is 4.04. The molecule has 3 heteroatoms. The highest BCUT2D eigenvalue weighted by atomic mass is 16.5. The van der Waals surface area contributed by atoms with E-state index < -0.39 is 0 Å². The molecule has 0 bridgehead atoms. The maximum atomic E-state index is 9.19. The fourth-order valence-electron chi connectivity index (χ4n) is 1.72. The van der Waals surface area contributed by atoms with Crippen molar-refractivity contribution in [3.05, 3.63) is 59.7 Å². The zero-order chi connectivity index (χ0) is 12.8. The van der Waals surface area contributed by atoms with Crippen molar-refractivity contribution in [2.75, 3.05) is 6.61 Å². The van der Waals surface area contributed by atoms with Gasteiger partial charge in [0, 0.05) is 6.61 Å². The lowest BCUT2D eigenvalue weighted by atomic mass is 10.1. The summed E-state index contributed by atoms with van der Waals surface area (Å²) in [5.41, 5.74) is 1.99. The van der Waals surface area contributed by atoms with E-state index in [1.54, 1.807) is 12.1 Å². The first-order chi connectivity index (χ1) is 8.79. The summed E-state index contributed by atoms with van der Waals surface area (Å²) in [5, 5.41) is 18.2. The maximum absolute atomic E-state index is 9.19. The standard InChI is InChI=1S/C15H16O3/c16-10-9-13-3-1-2-4-15(13)18-11-12-5-7-14(17)8-6-12/h1-8,16-17H,9-11H2. The molecule has 0 radical (unpaired) electrons. The minimum absolute atomic E-state index is 0.111. The van der Waals surface area contributed by atoms with Crippen molar-refractivity contribution < 1.29 is 14.9 Å². The molecule has 0 amide bonds. The quantitative estimate of drug-likeness (QED) is 0.849. The number of aliphatic hydroxyl groups is 1. The van der Waals surface area contributed by atoms with Gasteiger partial charge in [-0.25, -0.2) is 0 Å². The number of phenols is 1. The number of benzene rings is 2. The third kappa shape index (κ3) is 3.25. The second kappa shape index (κ2) is 6.07. The Morgan fingerprint density at radius 2 is 1.67 bits per heavy atom. The third-order valence-electron chi connectivity index (χ3n) is 2.68. The minimum atomic E-state index is 0.111. The molecular formula is C15H16O3. The number of ether oxygens (including phenoxy) is 1. The number of aromatic hydroxyl groups is 1. The van der Waals surface area contributed by atoms with Gasteiger partial charge in [-0.3, -0.25) is 0 Å². The summed E-state index contributed by atoms with van der Waals surface area (Å²) in [6, 6.07) is 14.6. The molecule has 0 spiro atoms. The van der Waals surface area contributed by atoms with Crippen LogP contribution >= 0.6 is 0 Å². The summed E-state index contributed by atoms with van der Waals surface area (Å²) in [5.74, 6) is 1.04. The molecule has 0 heterocycles. The van der Waals surface area contributed by atoms with Crippen molar-refractivity contribution in [2.24, 2.45) is 0 Å². The number of rotatable bonds is 5. The smallest absolute Gasteiger partial charge is 0.123 e. The number of hydrogen-bond donors (Lipinski definition) is 2. The fraction of sp³-hybridized carbons (Fsp3) is 0.200. The van der Waals surface area contributed by atoms with E-state index >= 15 is 0 Å². The Labute approximate surface area is 106 Å². The van der Waals surface area contributed by atoms with Gasteiger partial charge in [0.1, 0.15) is 18.1 Å². The minimum Gasteiger partial charge on any atom is -0.508 e. The van der Waals surface area contributed by atoms with Crippen LogP contribution in [0.5, 0.6) is 11.5 Å². The van der Waals surface area contributed by atoms with Gasteiger partial charge in [-0.05, 0) is 35.7 Å². The lowest BCUT2D eigenvalue weighted by molar-refractivity contribution is 0.284. The van der Waals surface area contributed by atoms with Crippen LogP contribution in [0.4, 0.5) is 0 Å². The second-order valence-electron chi connectivity index (χ2n) is 4.04. The molecule has 0 aliphatic heterocycles. The molecule has 2 rings (SSSR count). The molecule has 2 N–H and O–H groups in total. The summed E-state index contributed by atoms with van der Waals surface area (Å²) in [7, 11) is 0. The first-order valence-corrected chi connectivity index (χ1v) is 5.89. The van der Waals surface area contributed by atoms with Crippen molar-refractivity contribution >= 4 is 0 Å². The predicted octanol–water partition coefficient (Wildman–Crippen LogP) is 2.51. The Morgan fingerprint density at radius 1 is 0.944 bits per heavy atom. The van der Waals surface area contributed by atoms with Crippen LogP contribution in [-0.4, -0.2) is 16.8 Å². The fourth-order valence-corrected chi connectivity index (χ4v) is 1.72. The Morgan fingerprint density at radius 3 is 2.39 bits per heavy atom. The molecule has 0 aromatic heterocycles. The average molecular weight is 244 g/mol. The highest BCUT2D eigenvalue weighted by Gasteiger charge is 2.02. The van der Waals surface area contributed by atoms with E-state index in [0.29, 0.717) is 13.0 Å². The average Bonchev–Trinajstić information content (AvgIpc) is 2.40. The van der Waals surface area contributed by atoms with Crippen LogP contribution in [-0.2, 0) is 13.0 Å². The summed E-state index contributed by atoms with van der Waals surface area (Å²) in [6.07, 6.45) is 0.589. The van der Waals surface area contributed by atoms with E-state index in [2.05, 4.69) is 0 Å². The summed E-state index contributed by atoms with van der Waals surface area (Å²) < 4.78 is 5.72. The first kappa shape index (κ1) is 12.5. The molecule has 2 aromatic rings. The molecule has 2 aromatic carbocycles. The molecule has 0 aliphatic carbocycles. The van der Waals surface area contributed by atoms with E-state index in [1.165, 1.54) is 0 Å². The van der Waals surface area contributed by atoms with Crippen LogP contribution in [0.3, 0.4) is 0 Å². The summed E-state index contributed by atoms with van der Waals surface area (Å²) in [4.78, 5) is 0. The molecule has 0 aliphatic rings. The van der Waals surface area contributed by atoms with E-state index in [4.69, 9.17) is 9.84 Å². The van der Waals surface area contributed by atoms with Gasteiger partial charge < -0.3 is 14.9 Å². The van der Waals surface area contributed by atoms with Crippen LogP contribution in [0, 0.1) is 0 Å². The van der Waals surface area contributed by atoms with Gasteiger partial charge in [-0.1, -0.05) is 30.3 Å². The van der Waals surface area contributed by atoms with Crippen molar-refractivity contribution in [2.45, 2.75) is 13.0 Å². The number of aliphatic hydroxyl groups excluding tert-OH is 1. The van der Waals surface area contributed by atoms with Gasteiger partial charge in [0.2, 0.25) is 0 Å². The van der Waals surface area contributed by atoms with Crippen molar-refractivity contribution in [3.63, 3.8) is 0 Å².